The van der Waals surface area contributed by atoms with Crippen LogP contribution >= 0.6 is 0 Å². The Labute approximate surface area is 267 Å². The van der Waals surface area contributed by atoms with Gasteiger partial charge in [-0.25, -0.2) is 0 Å². The van der Waals surface area contributed by atoms with Crippen LogP contribution in [-0.4, -0.2) is 0 Å². The number of hydrogen-bond donors (Lipinski definition) is 0. The third-order valence-corrected chi connectivity index (χ3v) is 9.57. The number of hydrogen-bond acceptors (Lipinski definition) is 0. The minimum absolute atomic E-state index is 0.481. The van der Waals surface area contributed by atoms with Crippen molar-refractivity contribution in [1.29, 1.82) is 0 Å². The van der Waals surface area contributed by atoms with E-state index in [1.165, 1.54) is 66.3 Å². The molecule has 0 nitrogen and oxygen atoms in total. The Hall–Kier alpha value is -3.90. The summed E-state index contributed by atoms with van der Waals surface area (Å²) in [5, 5.41) is 0. The molecule has 0 spiro atoms. The van der Waals surface area contributed by atoms with E-state index in [2.05, 4.69) is 159 Å². The van der Waals surface area contributed by atoms with Crippen molar-refractivity contribution in [3.05, 3.63) is 179 Å². The maximum atomic E-state index is 2.38. The van der Waals surface area contributed by atoms with Crippen molar-refractivity contribution in [2.45, 2.75) is 88.4 Å². The van der Waals surface area contributed by atoms with Crippen molar-refractivity contribution >= 4 is 0 Å². The molecule has 226 valence electrons. The first kappa shape index (κ1) is 31.5. The minimum Gasteiger partial charge on any atom is -0.0654 e. The van der Waals surface area contributed by atoms with E-state index in [4.69, 9.17) is 0 Å². The summed E-state index contributed by atoms with van der Waals surface area (Å²) in [7, 11) is 0. The topological polar surface area (TPSA) is 0 Å². The van der Waals surface area contributed by atoms with E-state index in [-0.39, 0.29) is 0 Å². The highest BCUT2D eigenvalue weighted by molar-refractivity contribution is 5.28. The fourth-order valence-corrected chi connectivity index (χ4v) is 7.14. The summed E-state index contributed by atoms with van der Waals surface area (Å²) >= 11 is 0. The number of benzene rings is 5. The average Bonchev–Trinajstić information content (AvgIpc) is 3.10. The quantitative estimate of drug-likeness (QED) is 0.0963. The molecule has 0 saturated carbocycles. The van der Waals surface area contributed by atoms with E-state index in [1.54, 1.807) is 0 Å². The second-order valence-electron chi connectivity index (χ2n) is 12.7. The summed E-state index contributed by atoms with van der Waals surface area (Å²) in [5.41, 5.74) is 7.39. The molecule has 0 bridgehead atoms. The van der Waals surface area contributed by atoms with Crippen molar-refractivity contribution < 1.29 is 0 Å². The van der Waals surface area contributed by atoms with Gasteiger partial charge in [-0.2, -0.15) is 0 Å². The zero-order chi connectivity index (χ0) is 30.2. The van der Waals surface area contributed by atoms with Crippen LogP contribution in [0.3, 0.4) is 0 Å². The first-order valence-corrected chi connectivity index (χ1v) is 17.0. The van der Waals surface area contributed by atoms with E-state index < -0.39 is 0 Å². The van der Waals surface area contributed by atoms with Gasteiger partial charge in [-0.15, -0.1) is 0 Å². The van der Waals surface area contributed by atoms with Crippen LogP contribution in [0.1, 0.15) is 110 Å². The Morgan fingerprint density at radius 2 is 0.705 bits per heavy atom. The Morgan fingerprint density at radius 1 is 0.364 bits per heavy atom. The summed E-state index contributed by atoms with van der Waals surface area (Å²) in [6.07, 6.45) is 10.9. The molecule has 5 rings (SSSR count). The molecule has 0 aliphatic rings. The van der Waals surface area contributed by atoms with Crippen LogP contribution in [0, 0.1) is 0 Å². The molecule has 0 aliphatic carbocycles. The lowest BCUT2D eigenvalue weighted by atomic mass is 9.74. The molecule has 44 heavy (non-hydrogen) atoms. The number of aryl methyl sites for hydroxylation is 1. The Balaban J connectivity index is 1.45. The van der Waals surface area contributed by atoms with Gasteiger partial charge in [0, 0.05) is 0 Å². The molecular formula is C44H50. The van der Waals surface area contributed by atoms with Crippen LogP contribution < -0.4 is 0 Å². The van der Waals surface area contributed by atoms with Gasteiger partial charge in [0.1, 0.15) is 0 Å². The normalized spacial score (nSPS) is 14.0. The lowest BCUT2D eigenvalue weighted by Gasteiger charge is -2.31. The lowest BCUT2D eigenvalue weighted by molar-refractivity contribution is 0.406. The maximum Gasteiger partial charge on any atom is -0.0150 e. The SMILES string of the molecule is CCCCCC(CC(CC(CC(CCc1ccccc1)c1ccccc1)c1ccccc1)c1ccccc1)c1ccccc1. The smallest absolute Gasteiger partial charge is 0.0150 e. The lowest BCUT2D eigenvalue weighted by Crippen LogP contribution is -2.14. The minimum atomic E-state index is 0.481. The van der Waals surface area contributed by atoms with E-state index in [1.807, 2.05) is 0 Å². The van der Waals surface area contributed by atoms with Crippen molar-refractivity contribution in [3.63, 3.8) is 0 Å². The van der Waals surface area contributed by atoms with E-state index in [9.17, 15) is 0 Å². The van der Waals surface area contributed by atoms with Gasteiger partial charge in [0.25, 0.3) is 0 Å². The van der Waals surface area contributed by atoms with E-state index in [0.717, 1.165) is 19.3 Å². The van der Waals surface area contributed by atoms with Crippen molar-refractivity contribution in [2.24, 2.45) is 0 Å². The molecule has 0 heterocycles. The van der Waals surface area contributed by atoms with Gasteiger partial charge in [-0.3, -0.25) is 0 Å². The highest BCUT2D eigenvalue weighted by Gasteiger charge is 2.26. The third kappa shape index (κ3) is 9.55. The summed E-state index contributed by atoms with van der Waals surface area (Å²) in [5.74, 6) is 2.06. The highest BCUT2D eigenvalue weighted by Crippen LogP contribution is 2.43. The monoisotopic (exact) mass is 578 g/mol. The molecule has 0 saturated heterocycles. The predicted molar refractivity (Wildman–Crippen MR) is 189 cm³/mol. The zero-order valence-corrected chi connectivity index (χ0v) is 26.6. The summed E-state index contributed by atoms with van der Waals surface area (Å²) < 4.78 is 0. The Kier molecular flexibility index (Phi) is 12.5. The standard InChI is InChI=1S/C44H50/c1-2-3-9-30-41(37-22-12-5-13-23-37)33-43(39-26-16-7-17-27-39)35-44(40-28-18-8-19-29-40)34-42(38-24-14-6-15-25-38)32-31-36-20-10-4-11-21-36/h4-8,10-29,41-44H,2-3,9,30-35H2,1H3. The second-order valence-corrected chi connectivity index (χ2v) is 12.7. The molecule has 0 radical (unpaired) electrons. The highest BCUT2D eigenvalue weighted by atomic mass is 14.3. The molecule has 4 atom stereocenters. The van der Waals surface area contributed by atoms with E-state index in [0.29, 0.717) is 23.7 Å². The second kappa shape index (κ2) is 17.4. The zero-order valence-electron chi connectivity index (χ0n) is 26.6. The average molecular weight is 579 g/mol. The molecule has 0 aromatic heterocycles. The van der Waals surface area contributed by atoms with Gasteiger partial charge >= 0.3 is 0 Å². The first-order valence-electron chi connectivity index (χ1n) is 17.0. The molecule has 0 heteroatoms. The van der Waals surface area contributed by atoms with Crippen molar-refractivity contribution in [2.75, 3.05) is 0 Å². The van der Waals surface area contributed by atoms with Crippen LogP contribution in [0.25, 0.3) is 0 Å². The number of unbranched alkanes of at least 4 members (excludes halogenated alkanes) is 2. The first-order chi connectivity index (χ1) is 21.8. The van der Waals surface area contributed by atoms with Crippen LogP contribution in [0.4, 0.5) is 0 Å². The maximum absolute atomic E-state index is 2.38. The van der Waals surface area contributed by atoms with Gasteiger partial charge in [0.05, 0.1) is 0 Å². The molecule has 4 unspecified atom stereocenters. The largest absolute Gasteiger partial charge is 0.0654 e. The predicted octanol–water partition coefficient (Wildman–Crippen LogP) is 12.5. The molecule has 0 fully saturated rings. The van der Waals surface area contributed by atoms with Crippen LogP contribution in [-0.2, 0) is 6.42 Å². The number of rotatable bonds is 17. The molecule has 0 N–H and O–H groups in total. The Bertz CT molecular complexity index is 1430. The van der Waals surface area contributed by atoms with Gasteiger partial charge < -0.3 is 0 Å². The van der Waals surface area contributed by atoms with Gasteiger partial charge in [-0.05, 0) is 90.0 Å². The molecule has 0 aliphatic heterocycles. The fraction of sp³-hybridized carbons (Fsp3) is 0.318. The summed E-state index contributed by atoms with van der Waals surface area (Å²) in [6, 6.07) is 56.5. The van der Waals surface area contributed by atoms with Crippen LogP contribution in [0.15, 0.2) is 152 Å². The van der Waals surface area contributed by atoms with Crippen LogP contribution in [0.5, 0.6) is 0 Å². The van der Waals surface area contributed by atoms with E-state index >= 15 is 0 Å². The fourth-order valence-electron chi connectivity index (χ4n) is 7.14. The molecule has 5 aromatic rings. The Morgan fingerprint density at radius 3 is 1.11 bits per heavy atom. The summed E-state index contributed by atoms with van der Waals surface area (Å²) in [4.78, 5) is 0. The van der Waals surface area contributed by atoms with Crippen molar-refractivity contribution in [3.8, 4) is 0 Å². The van der Waals surface area contributed by atoms with Gasteiger partial charge in [0.15, 0.2) is 0 Å². The molecular weight excluding hydrogens is 528 g/mol. The van der Waals surface area contributed by atoms with Gasteiger partial charge in [-0.1, -0.05) is 178 Å². The third-order valence-electron chi connectivity index (χ3n) is 9.57. The molecule has 0 amide bonds. The van der Waals surface area contributed by atoms with Crippen molar-refractivity contribution in [1.82, 2.24) is 0 Å². The summed E-state index contributed by atoms with van der Waals surface area (Å²) in [6.45, 7) is 2.32. The van der Waals surface area contributed by atoms with Gasteiger partial charge in [0.2, 0.25) is 0 Å². The molecule has 5 aromatic carbocycles. The van der Waals surface area contributed by atoms with Crippen LogP contribution in [0.2, 0.25) is 0 Å².